The van der Waals surface area contributed by atoms with Crippen molar-refractivity contribution in [3.8, 4) is 0 Å². The number of aliphatic carboxylic acids is 1. The minimum atomic E-state index is -0.879. The quantitative estimate of drug-likeness (QED) is 0.504. The Morgan fingerprint density at radius 1 is 1.89 bits per heavy atom. The summed E-state index contributed by atoms with van der Waals surface area (Å²) in [6, 6.07) is -0.579. The Morgan fingerprint density at radius 3 is 2.78 bits per heavy atom. The molecule has 9 heavy (non-hydrogen) atoms. The average molecular weight is 128 g/mol. The van der Waals surface area contributed by atoms with Gasteiger partial charge in [-0.1, -0.05) is 0 Å². The molecule has 0 fully saturated rings. The molecule has 0 unspecified atom stereocenters. The Kier molecular flexibility index (Phi) is 1.38. The van der Waals surface area contributed by atoms with Crippen LogP contribution in [0.15, 0.2) is 4.99 Å². The fraction of sp³-hybridized carbons (Fsp3) is 0.600. The third-order valence-corrected chi connectivity index (χ3v) is 1.28. The van der Waals surface area contributed by atoms with E-state index in [0.29, 0.717) is 18.7 Å². The van der Waals surface area contributed by atoms with E-state index in [4.69, 9.17) is 10.8 Å². The summed E-state index contributed by atoms with van der Waals surface area (Å²) in [6.07, 6.45) is 1.18. The number of carboxylic acids is 1. The lowest BCUT2D eigenvalue weighted by Gasteiger charge is -1.94. The molecule has 1 heterocycles. The molecule has 0 saturated carbocycles. The van der Waals surface area contributed by atoms with E-state index in [9.17, 15) is 4.79 Å². The molecule has 3 N–H and O–H groups in total. The molecule has 0 aromatic rings. The topological polar surface area (TPSA) is 75.7 Å². The highest BCUT2D eigenvalue weighted by molar-refractivity contribution is 5.87. The first-order valence-corrected chi connectivity index (χ1v) is 2.75. The van der Waals surface area contributed by atoms with Gasteiger partial charge in [-0.15, -0.1) is 0 Å². The summed E-state index contributed by atoms with van der Waals surface area (Å²) in [7, 11) is 0. The van der Waals surface area contributed by atoms with Crippen LogP contribution in [-0.4, -0.2) is 23.0 Å². The van der Waals surface area contributed by atoms with E-state index < -0.39 is 12.0 Å². The zero-order valence-electron chi connectivity index (χ0n) is 4.87. The summed E-state index contributed by atoms with van der Waals surface area (Å²) in [4.78, 5) is 13.9. The molecule has 1 aliphatic rings. The highest BCUT2D eigenvalue weighted by Gasteiger charge is 2.21. The number of carbonyl (C=O) groups is 1. The van der Waals surface area contributed by atoms with Crippen LogP contribution < -0.4 is 5.73 Å². The third kappa shape index (κ3) is 1.19. The molecular formula is C5H8N2O2. The van der Waals surface area contributed by atoms with Gasteiger partial charge in [0.1, 0.15) is 6.04 Å². The molecule has 50 valence electrons. The molecular weight excluding hydrogens is 120 g/mol. The lowest BCUT2D eigenvalue weighted by molar-refractivity contribution is -0.138. The first-order chi connectivity index (χ1) is 4.20. The first kappa shape index (κ1) is 6.07. The molecule has 1 rings (SSSR count). The van der Waals surface area contributed by atoms with E-state index in [1.54, 1.807) is 0 Å². The SMILES string of the molecule is NC1=N[C@H](C(=O)O)CC1. The van der Waals surface area contributed by atoms with Crippen LogP contribution in [0, 0.1) is 0 Å². The molecule has 0 radical (unpaired) electrons. The van der Waals surface area contributed by atoms with Gasteiger partial charge >= 0.3 is 5.97 Å². The highest BCUT2D eigenvalue weighted by Crippen LogP contribution is 2.09. The van der Waals surface area contributed by atoms with Gasteiger partial charge in [0.15, 0.2) is 0 Å². The summed E-state index contributed by atoms with van der Waals surface area (Å²) in [5.74, 6) is -0.419. The molecule has 0 amide bonds. The number of amidine groups is 1. The second-order valence-corrected chi connectivity index (χ2v) is 2.01. The summed E-state index contributed by atoms with van der Waals surface area (Å²) in [6.45, 7) is 0. The Hall–Kier alpha value is -1.06. The number of hydrogen-bond donors (Lipinski definition) is 2. The summed E-state index contributed by atoms with van der Waals surface area (Å²) >= 11 is 0. The maximum absolute atomic E-state index is 10.2. The number of aliphatic imine (C=N–C) groups is 1. The molecule has 0 aromatic heterocycles. The predicted molar refractivity (Wildman–Crippen MR) is 32.3 cm³/mol. The van der Waals surface area contributed by atoms with Crippen LogP contribution in [0.1, 0.15) is 12.8 Å². The molecule has 4 heteroatoms. The van der Waals surface area contributed by atoms with Crippen molar-refractivity contribution in [2.45, 2.75) is 18.9 Å². The smallest absolute Gasteiger partial charge is 0.328 e. The largest absolute Gasteiger partial charge is 0.480 e. The lowest BCUT2D eigenvalue weighted by Crippen LogP contribution is -2.14. The standard InChI is InChI=1S/C5H8N2O2/c6-4-2-1-3(7-4)5(8)9/h3H,1-2H2,(H2,6,7)(H,8,9)/t3-/m0/s1. The predicted octanol–water partition coefficient (Wildman–Crippen LogP) is -0.409. The summed E-state index contributed by atoms with van der Waals surface area (Å²) in [5.41, 5.74) is 5.25. The van der Waals surface area contributed by atoms with Crippen LogP contribution in [0.25, 0.3) is 0 Å². The van der Waals surface area contributed by atoms with Crippen molar-refractivity contribution in [2.75, 3.05) is 0 Å². The second kappa shape index (κ2) is 2.05. The lowest BCUT2D eigenvalue weighted by atomic mass is 10.2. The molecule has 0 saturated heterocycles. The fourth-order valence-corrected chi connectivity index (χ4v) is 0.793. The third-order valence-electron chi connectivity index (χ3n) is 1.28. The molecule has 1 atom stereocenters. The fourth-order valence-electron chi connectivity index (χ4n) is 0.793. The number of carboxylic acid groups (broad SMARTS) is 1. The first-order valence-electron chi connectivity index (χ1n) is 2.75. The molecule has 4 nitrogen and oxygen atoms in total. The number of nitrogens with two attached hydrogens (primary N) is 1. The maximum Gasteiger partial charge on any atom is 0.328 e. The van der Waals surface area contributed by atoms with Gasteiger partial charge in [-0.05, 0) is 6.42 Å². The van der Waals surface area contributed by atoms with Gasteiger partial charge < -0.3 is 10.8 Å². The monoisotopic (exact) mass is 128 g/mol. The molecule has 0 aromatic carbocycles. The number of rotatable bonds is 1. The normalized spacial score (nSPS) is 25.8. The Morgan fingerprint density at radius 2 is 2.56 bits per heavy atom. The summed E-state index contributed by atoms with van der Waals surface area (Å²) < 4.78 is 0. The van der Waals surface area contributed by atoms with Gasteiger partial charge in [-0.3, -0.25) is 4.99 Å². The van der Waals surface area contributed by atoms with Crippen LogP contribution in [0.3, 0.4) is 0 Å². The molecule has 1 aliphatic heterocycles. The molecule has 0 aliphatic carbocycles. The van der Waals surface area contributed by atoms with Gasteiger partial charge in [0, 0.05) is 6.42 Å². The van der Waals surface area contributed by atoms with Gasteiger partial charge in [0.05, 0.1) is 5.84 Å². The van der Waals surface area contributed by atoms with Crippen molar-refractivity contribution in [2.24, 2.45) is 10.7 Å². The van der Waals surface area contributed by atoms with Crippen molar-refractivity contribution in [3.63, 3.8) is 0 Å². The Bertz CT molecular complexity index is 164. The highest BCUT2D eigenvalue weighted by atomic mass is 16.4. The van der Waals surface area contributed by atoms with Gasteiger partial charge in [0.2, 0.25) is 0 Å². The van der Waals surface area contributed by atoms with E-state index in [2.05, 4.69) is 4.99 Å². The Labute approximate surface area is 52.4 Å². The zero-order chi connectivity index (χ0) is 6.85. The Balaban J connectivity index is 2.57. The van der Waals surface area contributed by atoms with E-state index in [0.717, 1.165) is 0 Å². The average Bonchev–Trinajstić information content (AvgIpc) is 2.14. The maximum atomic E-state index is 10.2. The minimum absolute atomic E-state index is 0.461. The molecule has 0 spiro atoms. The van der Waals surface area contributed by atoms with E-state index in [-0.39, 0.29) is 0 Å². The van der Waals surface area contributed by atoms with E-state index in [1.807, 2.05) is 0 Å². The van der Waals surface area contributed by atoms with Gasteiger partial charge in [-0.25, -0.2) is 4.79 Å². The minimum Gasteiger partial charge on any atom is -0.480 e. The van der Waals surface area contributed by atoms with Crippen LogP contribution in [0.5, 0.6) is 0 Å². The van der Waals surface area contributed by atoms with E-state index >= 15 is 0 Å². The van der Waals surface area contributed by atoms with Crippen molar-refractivity contribution in [3.05, 3.63) is 0 Å². The van der Waals surface area contributed by atoms with Crippen LogP contribution in [0.4, 0.5) is 0 Å². The van der Waals surface area contributed by atoms with Crippen LogP contribution >= 0.6 is 0 Å². The van der Waals surface area contributed by atoms with Gasteiger partial charge in [0.25, 0.3) is 0 Å². The number of nitrogens with zero attached hydrogens (tertiary/aromatic N) is 1. The molecule has 0 bridgehead atoms. The summed E-state index contributed by atoms with van der Waals surface area (Å²) in [5, 5.41) is 8.37. The number of hydrogen-bond acceptors (Lipinski definition) is 3. The van der Waals surface area contributed by atoms with Gasteiger partial charge in [-0.2, -0.15) is 0 Å². The second-order valence-electron chi connectivity index (χ2n) is 2.01. The van der Waals surface area contributed by atoms with Crippen LogP contribution in [-0.2, 0) is 4.79 Å². The van der Waals surface area contributed by atoms with Crippen molar-refractivity contribution in [1.82, 2.24) is 0 Å². The van der Waals surface area contributed by atoms with Crippen LogP contribution in [0.2, 0.25) is 0 Å². The van der Waals surface area contributed by atoms with E-state index in [1.165, 1.54) is 0 Å². The van der Waals surface area contributed by atoms with Crippen molar-refractivity contribution >= 4 is 11.8 Å². The van der Waals surface area contributed by atoms with Crippen molar-refractivity contribution < 1.29 is 9.90 Å². The zero-order valence-corrected chi connectivity index (χ0v) is 4.87. The van der Waals surface area contributed by atoms with Crippen molar-refractivity contribution in [1.29, 1.82) is 0 Å².